The molecule has 2 saturated heterocycles. The number of carboxylic acids is 2. The van der Waals surface area contributed by atoms with Crippen molar-refractivity contribution in [2.24, 2.45) is 0 Å². The number of aliphatic carboxylic acids is 2. The van der Waals surface area contributed by atoms with Gasteiger partial charge in [-0.3, -0.25) is 19.4 Å². The van der Waals surface area contributed by atoms with Crippen molar-refractivity contribution in [1.29, 1.82) is 0 Å². The molecule has 11 heteroatoms. The van der Waals surface area contributed by atoms with Gasteiger partial charge in [0.1, 0.15) is 11.9 Å². The van der Waals surface area contributed by atoms with Crippen molar-refractivity contribution in [2.75, 3.05) is 37.7 Å². The molecule has 32 heavy (non-hydrogen) atoms. The molecular weight excluding hydrogens is 441 g/mol. The average molecular weight is 468 g/mol. The number of nitrogens with zero attached hydrogens (tertiary/aromatic N) is 3. The molecule has 1 aromatic carbocycles. The Kier molecular flexibility index (Phi) is 6.24. The lowest BCUT2D eigenvalue weighted by molar-refractivity contribution is -0.144. The zero-order valence-corrected chi connectivity index (χ0v) is 18.3. The van der Waals surface area contributed by atoms with Crippen LogP contribution in [0.1, 0.15) is 24.4 Å². The van der Waals surface area contributed by atoms with Gasteiger partial charge in [-0.1, -0.05) is 0 Å². The zero-order chi connectivity index (χ0) is 23.0. The third kappa shape index (κ3) is 4.64. The lowest BCUT2D eigenvalue weighted by Gasteiger charge is -2.40. The smallest absolute Gasteiger partial charge is 0.325 e. The Morgan fingerprint density at radius 1 is 1.16 bits per heavy atom. The fourth-order valence-corrected chi connectivity index (χ4v) is 6.58. The molecule has 3 heterocycles. The molecule has 2 aromatic rings. The van der Waals surface area contributed by atoms with Crippen LogP contribution >= 0.6 is 0 Å². The molecule has 1 aromatic heterocycles. The largest absolute Gasteiger partial charge is 0.481 e. The van der Waals surface area contributed by atoms with Gasteiger partial charge in [-0.15, -0.1) is 0 Å². The first-order valence-electron chi connectivity index (χ1n) is 10.6. The number of fused-ring (bicyclic) bond motifs is 1. The highest BCUT2D eigenvalue weighted by Crippen LogP contribution is 2.32. The van der Waals surface area contributed by atoms with E-state index in [0.29, 0.717) is 49.1 Å². The number of hydrogen-bond acceptors (Lipinski definition) is 6. The zero-order valence-electron chi connectivity index (χ0n) is 17.5. The van der Waals surface area contributed by atoms with Crippen molar-refractivity contribution in [3.8, 4) is 0 Å². The number of benzene rings is 1. The molecule has 2 fully saturated rings. The number of hydrogen-bond donors (Lipinski definition) is 2. The maximum atomic E-state index is 13.9. The Bertz CT molecular complexity index is 1140. The van der Waals surface area contributed by atoms with Gasteiger partial charge in [0, 0.05) is 55.9 Å². The number of aromatic nitrogens is 1. The molecule has 0 saturated carbocycles. The van der Waals surface area contributed by atoms with Gasteiger partial charge in [0.2, 0.25) is 0 Å². The summed E-state index contributed by atoms with van der Waals surface area (Å²) in [6.07, 6.45) is 2.05. The highest BCUT2D eigenvalue weighted by Gasteiger charge is 2.37. The third-order valence-electron chi connectivity index (χ3n) is 6.41. The van der Waals surface area contributed by atoms with Gasteiger partial charge in [0.05, 0.1) is 23.4 Å². The second kappa shape index (κ2) is 8.80. The predicted octanol–water partition coefficient (Wildman–Crippen LogP) is 1.19. The number of carbonyl (C=O) groups is 2. The van der Waals surface area contributed by atoms with Crippen molar-refractivity contribution in [3.63, 3.8) is 0 Å². The molecule has 9 nitrogen and oxygen atoms in total. The van der Waals surface area contributed by atoms with Gasteiger partial charge in [0.25, 0.3) is 0 Å². The van der Waals surface area contributed by atoms with Gasteiger partial charge in [-0.05, 0) is 24.6 Å². The van der Waals surface area contributed by atoms with Crippen molar-refractivity contribution >= 4 is 32.7 Å². The standard InChI is InChI=1S/C21H26FN3O6S/c22-14-1-2-16-17(12-25(18(16)11-14)5-3-19(26)27)20(21(28)29)24-8-6-23(7-9-24)15-4-10-32(30,31)13-15/h1-2,11-12,15,20H,3-10,13H2,(H,26,27)(H,28,29)/t15-,20-/m0/s1. The van der Waals surface area contributed by atoms with Crippen LogP contribution in [-0.4, -0.2) is 88.7 Å². The number of aryl methyl sites for hydroxylation is 1. The molecule has 2 aliphatic rings. The SMILES string of the molecule is O=C(O)CCn1cc([C@@H](C(=O)O)N2CCN([C@H]3CCS(=O)(=O)C3)CC2)c2ccc(F)cc21. The van der Waals surface area contributed by atoms with E-state index in [0.717, 1.165) is 0 Å². The maximum Gasteiger partial charge on any atom is 0.325 e. The van der Waals surface area contributed by atoms with Crippen LogP contribution in [0.4, 0.5) is 4.39 Å². The Morgan fingerprint density at radius 2 is 1.88 bits per heavy atom. The molecule has 2 aliphatic heterocycles. The Morgan fingerprint density at radius 3 is 2.47 bits per heavy atom. The first-order chi connectivity index (χ1) is 15.1. The van der Waals surface area contributed by atoms with Crippen LogP contribution < -0.4 is 0 Å². The van der Waals surface area contributed by atoms with Gasteiger partial charge in [0.15, 0.2) is 9.84 Å². The Balaban J connectivity index is 1.58. The van der Waals surface area contributed by atoms with Gasteiger partial charge in [-0.25, -0.2) is 12.8 Å². The monoisotopic (exact) mass is 467 g/mol. The third-order valence-corrected chi connectivity index (χ3v) is 8.16. The summed E-state index contributed by atoms with van der Waals surface area (Å²) in [6.45, 7) is 2.14. The van der Waals surface area contributed by atoms with E-state index in [2.05, 4.69) is 4.90 Å². The molecule has 0 spiro atoms. The molecule has 0 unspecified atom stereocenters. The minimum absolute atomic E-state index is 0.0219. The van der Waals surface area contributed by atoms with Gasteiger partial charge < -0.3 is 14.8 Å². The van der Waals surface area contributed by atoms with Gasteiger partial charge in [-0.2, -0.15) is 0 Å². The molecule has 0 radical (unpaired) electrons. The summed E-state index contributed by atoms with van der Waals surface area (Å²) in [5, 5.41) is 19.7. The summed E-state index contributed by atoms with van der Waals surface area (Å²) in [7, 11) is -2.99. The highest BCUT2D eigenvalue weighted by atomic mass is 32.2. The van der Waals surface area contributed by atoms with Crippen molar-refractivity contribution in [2.45, 2.75) is 31.5 Å². The lowest BCUT2D eigenvalue weighted by atomic mass is 10.0. The van der Waals surface area contributed by atoms with E-state index in [1.807, 2.05) is 4.90 Å². The predicted molar refractivity (Wildman–Crippen MR) is 115 cm³/mol. The summed E-state index contributed by atoms with van der Waals surface area (Å²) in [5.41, 5.74) is 0.956. The topological polar surface area (TPSA) is 120 Å². The summed E-state index contributed by atoms with van der Waals surface area (Å²) >= 11 is 0. The van der Waals surface area contributed by atoms with Crippen LogP contribution in [0, 0.1) is 5.82 Å². The van der Waals surface area contributed by atoms with Crippen LogP contribution in [-0.2, 0) is 26.0 Å². The fourth-order valence-electron chi connectivity index (χ4n) is 4.82. The number of halogens is 1. The van der Waals surface area contributed by atoms with Crippen LogP contribution in [0.15, 0.2) is 24.4 Å². The van der Waals surface area contributed by atoms with E-state index in [1.165, 1.54) is 18.2 Å². The van der Waals surface area contributed by atoms with Crippen molar-refractivity contribution in [3.05, 3.63) is 35.8 Å². The van der Waals surface area contributed by atoms with E-state index in [9.17, 15) is 27.5 Å². The first-order valence-corrected chi connectivity index (χ1v) is 12.4. The van der Waals surface area contributed by atoms with Crippen LogP contribution in [0.25, 0.3) is 10.9 Å². The summed E-state index contributed by atoms with van der Waals surface area (Å²) in [5.74, 6) is -2.17. The van der Waals surface area contributed by atoms with Crippen LogP contribution in [0.3, 0.4) is 0 Å². The van der Waals surface area contributed by atoms with Crippen molar-refractivity contribution in [1.82, 2.24) is 14.4 Å². The van der Waals surface area contributed by atoms with E-state index in [4.69, 9.17) is 5.11 Å². The Hall–Kier alpha value is -2.50. The molecule has 2 atom stereocenters. The molecule has 0 aliphatic carbocycles. The second-order valence-electron chi connectivity index (χ2n) is 8.45. The molecule has 4 rings (SSSR count). The molecule has 2 N–H and O–H groups in total. The quantitative estimate of drug-likeness (QED) is 0.623. The minimum atomic E-state index is -2.99. The number of rotatable bonds is 7. The average Bonchev–Trinajstić information content (AvgIpc) is 3.26. The van der Waals surface area contributed by atoms with Crippen LogP contribution in [0.5, 0.6) is 0 Å². The number of sulfone groups is 1. The van der Waals surface area contributed by atoms with Gasteiger partial charge >= 0.3 is 11.9 Å². The Labute approximate surface area is 184 Å². The fraction of sp³-hybridized carbons (Fsp3) is 0.524. The number of carboxylic acid groups (broad SMARTS) is 2. The minimum Gasteiger partial charge on any atom is -0.481 e. The summed E-state index contributed by atoms with van der Waals surface area (Å²) in [4.78, 5) is 27.3. The normalized spacial score (nSPS) is 22.8. The molecule has 0 bridgehead atoms. The molecular formula is C21H26FN3O6S. The van der Waals surface area contributed by atoms with Crippen molar-refractivity contribution < 1.29 is 32.6 Å². The summed E-state index contributed by atoms with van der Waals surface area (Å²) < 4.78 is 39.1. The maximum absolute atomic E-state index is 13.9. The van der Waals surface area contributed by atoms with Crippen LogP contribution in [0.2, 0.25) is 0 Å². The summed E-state index contributed by atoms with van der Waals surface area (Å²) in [6, 6.07) is 3.10. The highest BCUT2D eigenvalue weighted by molar-refractivity contribution is 7.91. The van der Waals surface area contributed by atoms with E-state index in [-0.39, 0.29) is 30.5 Å². The number of piperazine rings is 1. The molecule has 0 amide bonds. The first kappa shape index (κ1) is 22.7. The molecule has 174 valence electrons. The van der Waals surface area contributed by atoms with E-state index < -0.39 is 33.6 Å². The second-order valence-corrected chi connectivity index (χ2v) is 10.7. The van der Waals surface area contributed by atoms with E-state index in [1.54, 1.807) is 10.8 Å². The lowest BCUT2D eigenvalue weighted by Crippen LogP contribution is -2.52. The van der Waals surface area contributed by atoms with E-state index >= 15 is 0 Å².